The summed E-state index contributed by atoms with van der Waals surface area (Å²) in [5.74, 6) is 0.181. The van der Waals surface area contributed by atoms with Crippen LogP contribution in [-0.4, -0.2) is 70.1 Å². The molecule has 1 fully saturated rings. The van der Waals surface area contributed by atoms with Crippen molar-refractivity contribution < 1.29 is 34.7 Å². The fourth-order valence-electron chi connectivity index (χ4n) is 2.17. The van der Waals surface area contributed by atoms with E-state index in [0.29, 0.717) is 19.3 Å². The van der Waals surface area contributed by atoms with E-state index in [2.05, 4.69) is 0 Å². The van der Waals surface area contributed by atoms with Crippen molar-refractivity contribution in [2.75, 3.05) is 13.2 Å². The number of rotatable bonds is 7. The molecule has 0 saturated carbocycles. The summed E-state index contributed by atoms with van der Waals surface area (Å²) < 4.78 is 10.6. The number of aliphatic hydroxyl groups excluding tert-OH is 4. The van der Waals surface area contributed by atoms with Crippen molar-refractivity contribution in [1.82, 2.24) is 0 Å². The van der Waals surface area contributed by atoms with Crippen LogP contribution in [0.15, 0.2) is 0 Å². The van der Waals surface area contributed by atoms with Crippen LogP contribution >= 0.6 is 0 Å². The lowest BCUT2D eigenvalue weighted by Crippen LogP contribution is -2.59. The average Bonchev–Trinajstić information content (AvgIpc) is 2.45. The van der Waals surface area contributed by atoms with Gasteiger partial charge in [-0.15, -0.1) is 0 Å². The molecule has 7 nitrogen and oxygen atoms in total. The summed E-state index contributed by atoms with van der Waals surface area (Å²) >= 11 is 0. The molecule has 0 spiro atoms. The molecule has 0 amide bonds. The Bertz CT molecular complexity index is 350. The smallest absolute Gasteiger partial charge is 0.186 e. The summed E-state index contributed by atoms with van der Waals surface area (Å²) in [6, 6.07) is 0. The van der Waals surface area contributed by atoms with E-state index in [1.165, 1.54) is 0 Å². The normalized spacial score (nSPS) is 33.0. The van der Waals surface area contributed by atoms with E-state index < -0.39 is 37.3 Å². The Morgan fingerprint density at radius 1 is 1.09 bits per heavy atom. The van der Waals surface area contributed by atoms with Gasteiger partial charge in [-0.25, -0.2) is 0 Å². The highest BCUT2D eigenvalue weighted by atomic mass is 16.7. The number of Topliss-reactive ketones (excluding diaryl/α,β-unsaturated/α-hetero) is 1. The molecule has 7 heteroatoms. The second-order valence-corrected chi connectivity index (χ2v) is 6.70. The van der Waals surface area contributed by atoms with Crippen LogP contribution in [0.5, 0.6) is 0 Å². The van der Waals surface area contributed by atoms with Gasteiger partial charge in [-0.3, -0.25) is 4.79 Å². The van der Waals surface area contributed by atoms with E-state index >= 15 is 0 Å². The number of ketones is 1. The zero-order chi connectivity index (χ0) is 16.9. The summed E-state index contributed by atoms with van der Waals surface area (Å²) in [5.41, 5.74) is -0.349. The molecule has 5 atom stereocenters. The average molecular weight is 320 g/mol. The third kappa shape index (κ3) is 5.26. The Morgan fingerprint density at radius 3 is 2.27 bits per heavy atom. The number of hydrogen-bond acceptors (Lipinski definition) is 7. The molecule has 0 aromatic heterocycles. The molecule has 1 saturated heterocycles. The lowest BCUT2D eigenvalue weighted by Gasteiger charge is -2.39. The summed E-state index contributed by atoms with van der Waals surface area (Å²) in [5, 5.41) is 38.1. The Balaban J connectivity index is 2.31. The Hall–Kier alpha value is -0.570. The van der Waals surface area contributed by atoms with Crippen LogP contribution in [0.1, 0.15) is 40.0 Å². The summed E-state index contributed by atoms with van der Waals surface area (Å²) in [7, 11) is 0. The predicted octanol–water partition coefficient (Wildman–Crippen LogP) is -0.412. The molecule has 0 aliphatic carbocycles. The largest absolute Gasteiger partial charge is 0.394 e. The second kappa shape index (κ2) is 8.33. The lowest BCUT2D eigenvalue weighted by molar-refractivity contribution is -0.301. The minimum absolute atomic E-state index is 0.181. The minimum atomic E-state index is -1.43. The standard InChI is InChI=1S/C15H28O7/c1-15(2,3)10(17)6-4-5-7-21-14-13(20)12(19)11(18)9(8-16)22-14/h9,11-14,16,18-20H,4-8H2,1-3H3/t9?,11-,12+,13?,14-/m1/s1. The molecular formula is C15H28O7. The second-order valence-electron chi connectivity index (χ2n) is 6.70. The molecule has 1 rings (SSSR count). The number of unbranched alkanes of at least 4 members (excludes halogenated alkanes) is 1. The van der Waals surface area contributed by atoms with Gasteiger partial charge in [-0.05, 0) is 12.8 Å². The van der Waals surface area contributed by atoms with Gasteiger partial charge in [0.15, 0.2) is 6.29 Å². The van der Waals surface area contributed by atoms with E-state index in [1.54, 1.807) is 0 Å². The van der Waals surface area contributed by atoms with Gasteiger partial charge in [0.1, 0.15) is 30.2 Å². The molecule has 0 radical (unpaired) electrons. The first kappa shape index (κ1) is 19.5. The molecule has 0 bridgehead atoms. The topological polar surface area (TPSA) is 116 Å². The van der Waals surface area contributed by atoms with Gasteiger partial charge >= 0.3 is 0 Å². The third-order valence-electron chi connectivity index (χ3n) is 3.77. The van der Waals surface area contributed by atoms with E-state index in [0.717, 1.165) is 0 Å². The number of aliphatic hydroxyl groups is 4. The number of carbonyl (C=O) groups excluding carboxylic acids is 1. The van der Waals surface area contributed by atoms with E-state index in [9.17, 15) is 20.1 Å². The SMILES string of the molecule is CC(C)(C)C(=O)CCCCO[C@@H]1OC(CO)[C@@H](O)[C@H](O)C1O. The Labute approximate surface area is 130 Å². The molecule has 1 aliphatic rings. The van der Waals surface area contributed by atoms with Crippen LogP contribution in [0.2, 0.25) is 0 Å². The zero-order valence-corrected chi connectivity index (χ0v) is 13.4. The first-order valence-corrected chi connectivity index (χ1v) is 7.64. The first-order chi connectivity index (χ1) is 10.2. The number of carbonyl (C=O) groups is 1. The summed E-state index contributed by atoms with van der Waals surface area (Å²) in [6.07, 6.45) is -4.54. The highest BCUT2D eigenvalue weighted by Crippen LogP contribution is 2.22. The van der Waals surface area contributed by atoms with Crippen LogP contribution < -0.4 is 0 Å². The van der Waals surface area contributed by atoms with Crippen molar-refractivity contribution in [2.45, 2.75) is 70.7 Å². The quantitative estimate of drug-likeness (QED) is 0.471. The van der Waals surface area contributed by atoms with Crippen LogP contribution in [-0.2, 0) is 14.3 Å². The van der Waals surface area contributed by atoms with Gasteiger partial charge < -0.3 is 29.9 Å². The van der Waals surface area contributed by atoms with Gasteiger partial charge in [0, 0.05) is 18.4 Å². The molecule has 4 N–H and O–H groups in total. The lowest BCUT2D eigenvalue weighted by atomic mass is 9.88. The summed E-state index contributed by atoms with van der Waals surface area (Å²) in [6.45, 7) is 5.39. The maximum atomic E-state index is 11.7. The van der Waals surface area contributed by atoms with Crippen LogP contribution in [0.4, 0.5) is 0 Å². The van der Waals surface area contributed by atoms with E-state index in [1.807, 2.05) is 20.8 Å². The Kier molecular flexibility index (Phi) is 7.37. The monoisotopic (exact) mass is 320 g/mol. The predicted molar refractivity (Wildman–Crippen MR) is 78.0 cm³/mol. The highest BCUT2D eigenvalue weighted by molar-refractivity contribution is 5.83. The van der Waals surface area contributed by atoms with Crippen molar-refractivity contribution in [3.05, 3.63) is 0 Å². The van der Waals surface area contributed by atoms with Crippen molar-refractivity contribution in [2.24, 2.45) is 5.41 Å². The first-order valence-electron chi connectivity index (χ1n) is 7.64. The van der Waals surface area contributed by atoms with Gasteiger partial charge in [0.2, 0.25) is 0 Å². The number of ether oxygens (including phenoxy) is 2. The minimum Gasteiger partial charge on any atom is -0.394 e. The van der Waals surface area contributed by atoms with Crippen LogP contribution in [0, 0.1) is 5.41 Å². The molecule has 130 valence electrons. The van der Waals surface area contributed by atoms with Gasteiger partial charge in [0.25, 0.3) is 0 Å². The van der Waals surface area contributed by atoms with E-state index in [-0.39, 0.29) is 17.8 Å². The van der Waals surface area contributed by atoms with Crippen LogP contribution in [0.3, 0.4) is 0 Å². The maximum Gasteiger partial charge on any atom is 0.186 e. The Morgan fingerprint density at radius 2 is 1.73 bits per heavy atom. The summed E-state index contributed by atoms with van der Waals surface area (Å²) in [4.78, 5) is 11.7. The van der Waals surface area contributed by atoms with Gasteiger partial charge in [-0.1, -0.05) is 20.8 Å². The van der Waals surface area contributed by atoms with Crippen molar-refractivity contribution >= 4 is 5.78 Å². The highest BCUT2D eigenvalue weighted by Gasteiger charge is 2.43. The molecule has 0 aromatic carbocycles. The van der Waals surface area contributed by atoms with Gasteiger partial charge in [-0.2, -0.15) is 0 Å². The third-order valence-corrected chi connectivity index (χ3v) is 3.77. The maximum absolute atomic E-state index is 11.7. The molecule has 2 unspecified atom stereocenters. The van der Waals surface area contributed by atoms with Gasteiger partial charge in [0.05, 0.1) is 6.61 Å². The van der Waals surface area contributed by atoms with Crippen molar-refractivity contribution in [1.29, 1.82) is 0 Å². The fourth-order valence-corrected chi connectivity index (χ4v) is 2.17. The molecular weight excluding hydrogens is 292 g/mol. The number of hydrogen-bond donors (Lipinski definition) is 4. The van der Waals surface area contributed by atoms with Crippen LogP contribution in [0.25, 0.3) is 0 Å². The molecule has 0 aromatic rings. The molecule has 22 heavy (non-hydrogen) atoms. The van der Waals surface area contributed by atoms with Crippen molar-refractivity contribution in [3.63, 3.8) is 0 Å². The van der Waals surface area contributed by atoms with Crippen molar-refractivity contribution in [3.8, 4) is 0 Å². The molecule has 1 aliphatic heterocycles. The fraction of sp³-hybridized carbons (Fsp3) is 0.933. The zero-order valence-electron chi connectivity index (χ0n) is 13.4. The molecule has 1 heterocycles. The van der Waals surface area contributed by atoms with E-state index in [4.69, 9.17) is 14.6 Å².